The summed E-state index contributed by atoms with van der Waals surface area (Å²) in [6.45, 7) is 0.763. The normalized spacial score (nSPS) is 20.5. The van der Waals surface area contributed by atoms with Crippen LogP contribution in [0, 0.1) is 11.8 Å². The first-order valence-corrected chi connectivity index (χ1v) is 8.64. The van der Waals surface area contributed by atoms with Crippen molar-refractivity contribution in [3.8, 4) is 5.75 Å². The highest BCUT2D eigenvalue weighted by Crippen LogP contribution is 2.31. The molecule has 1 amide bonds. The van der Waals surface area contributed by atoms with Crippen molar-refractivity contribution in [2.75, 3.05) is 13.7 Å². The van der Waals surface area contributed by atoms with Gasteiger partial charge in [-0.1, -0.05) is 12.1 Å². The van der Waals surface area contributed by atoms with Gasteiger partial charge < -0.3 is 10.1 Å². The Hall–Kier alpha value is -2.30. The van der Waals surface area contributed by atoms with Crippen molar-refractivity contribution < 1.29 is 9.53 Å². The molecule has 1 aliphatic carbocycles. The summed E-state index contributed by atoms with van der Waals surface area (Å²) in [6.07, 6.45) is 9.16. The molecule has 3 rings (SSSR count). The molecule has 2 N–H and O–H groups in total. The van der Waals surface area contributed by atoms with Gasteiger partial charge in [0.25, 0.3) is 5.91 Å². The maximum Gasteiger partial charge on any atom is 0.254 e. The quantitative estimate of drug-likeness (QED) is 0.856. The number of methoxy groups -OCH3 is 1. The molecular weight excluding hydrogens is 302 g/mol. The zero-order valence-corrected chi connectivity index (χ0v) is 14.1. The monoisotopic (exact) mass is 327 g/mol. The number of rotatable bonds is 6. The topological polar surface area (TPSA) is 67.0 Å². The maximum atomic E-state index is 11.9. The predicted molar refractivity (Wildman–Crippen MR) is 93.1 cm³/mol. The fourth-order valence-electron chi connectivity index (χ4n) is 3.45. The second kappa shape index (κ2) is 7.99. The number of H-pyrrole nitrogens is 1. The fraction of sp³-hybridized carbons (Fsp3) is 0.474. The van der Waals surface area contributed by atoms with Crippen LogP contribution in [0.5, 0.6) is 5.75 Å². The minimum Gasteiger partial charge on any atom is -0.497 e. The molecule has 5 nitrogen and oxygen atoms in total. The molecule has 0 atom stereocenters. The summed E-state index contributed by atoms with van der Waals surface area (Å²) in [6, 6.07) is 8.39. The molecule has 24 heavy (non-hydrogen) atoms. The van der Waals surface area contributed by atoms with Crippen LogP contribution in [0.2, 0.25) is 0 Å². The Balaban J connectivity index is 1.39. The minimum absolute atomic E-state index is 0.0379. The van der Waals surface area contributed by atoms with E-state index in [1.165, 1.54) is 31.2 Å². The molecule has 1 aromatic carbocycles. The highest BCUT2D eigenvalue weighted by atomic mass is 16.5. The number of nitrogens with zero attached hydrogens (tertiary/aromatic N) is 1. The van der Waals surface area contributed by atoms with Crippen molar-refractivity contribution in [1.29, 1.82) is 0 Å². The molecule has 1 aromatic heterocycles. The Morgan fingerprint density at radius 1 is 1.21 bits per heavy atom. The number of nitrogens with one attached hydrogen (secondary N) is 2. The van der Waals surface area contributed by atoms with Crippen LogP contribution in [0.1, 0.15) is 41.6 Å². The van der Waals surface area contributed by atoms with Gasteiger partial charge in [0.2, 0.25) is 0 Å². The van der Waals surface area contributed by atoms with Crippen LogP contribution in [0.25, 0.3) is 0 Å². The second-order valence-electron chi connectivity index (χ2n) is 6.64. The third-order valence-electron chi connectivity index (χ3n) is 4.96. The molecule has 1 saturated carbocycles. The van der Waals surface area contributed by atoms with E-state index in [0.717, 1.165) is 24.6 Å². The van der Waals surface area contributed by atoms with E-state index in [-0.39, 0.29) is 5.91 Å². The van der Waals surface area contributed by atoms with Crippen molar-refractivity contribution in [3.05, 3.63) is 47.8 Å². The van der Waals surface area contributed by atoms with Crippen LogP contribution in [0.4, 0.5) is 0 Å². The number of aromatic amines is 1. The van der Waals surface area contributed by atoms with Gasteiger partial charge in [-0.05, 0) is 61.6 Å². The molecular formula is C19H25N3O2. The lowest BCUT2D eigenvalue weighted by Crippen LogP contribution is -2.31. The number of hydrogen-bond acceptors (Lipinski definition) is 3. The van der Waals surface area contributed by atoms with Gasteiger partial charge >= 0.3 is 0 Å². The van der Waals surface area contributed by atoms with E-state index < -0.39 is 0 Å². The van der Waals surface area contributed by atoms with Crippen LogP contribution in [0.3, 0.4) is 0 Å². The second-order valence-corrected chi connectivity index (χ2v) is 6.64. The van der Waals surface area contributed by atoms with E-state index in [1.807, 2.05) is 12.1 Å². The largest absolute Gasteiger partial charge is 0.497 e. The summed E-state index contributed by atoms with van der Waals surface area (Å²) < 4.78 is 5.21. The fourth-order valence-corrected chi connectivity index (χ4v) is 3.45. The minimum atomic E-state index is -0.0379. The van der Waals surface area contributed by atoms with Gasteiger partial charge in [0, 0.05) is 12.7 Å². The van der Waals surface area contributed by atoms with Crippen molar-refractivity contribution in [2.45, 2.75) is 32.1 Å². The standard InChI is InChI=1S/C19H25N3O2/c1-24-18-8-6-15(7-9-18)10-14-2-4-16(5-3-14)11-20-19(23)17-12-21-22-13-17/h6-9,12-14,16H,2-5,10-11H2,1H3,(H,20,23)(H,21,22)/t14-,16+. The van der Waals surface area contributed by atoms with Crippen LogP contribution in [0.15, 0.2) is 36.7 Å². The van der Waals surface area contributed by atoms with Crippen molar-refractivity contribution in [1.82, 2.24) is 15.5 Å². The molecule has 2 aromatic rings. The van der Waals surface area contributed by atoms with Crippen LogP contribution in [-0.2, 0) is 6.42 Å². The van der Waals surface area contributed by atoms with Crippen LogP contribution in [-0.4, -0.2) is 29.8 Å². The smallest absolute Gasteiger partial charge is 0.254 e. The van der Waals surface area contributed by atoms with E-state index in [1.54, 1.807) is 19.5 Å². The highest BCUT2D eigenvalue weighted by molar-refractivity contribution is 5.93. The van der Waals surface area contributed by atoms with Gasteiger partial charge in [-0.3, -0.25) is 9.89 Å². The van der Waals surface area contributed by atoms with Crippen LogP contribution < -0.4 is 10.1 Å². The molecule has 0 saturated heterocycles. The number of aromatic nitrogens is 2. The third-order valence-corrected chi connectivity index (χ3v) is 4.96. The first kappa shape index (κ1) is 16.6. The van der Waals surface area contributed by atoms with E-state index >= 15 is 0 Å². The van der Waals surface area contributed by atoms with E-state index in [9.17, 15) is 4.79 Å². The summed E-state index contributed by atoms with van der Waals surface area (Å²) in [7, 11) is 1.70. The maximum absolute atomic E-state index is 11.9. The van der Waals surface area contributed by atoms with Crippen LogP contribution >= 0.6 is 0 Å². The van der Waals surface area contributed by atoms with Gasteiger partial charge in [0.05, 0.1) is 18.9 Å². The third kappa shape index (κ3) is 4.37. The molecule has 0 unspecified atom stereocenters. The molecule has 0 aliphatic heterocycles. The molecule has 1 aliphatic rings. The number of carbonyl (C=O) groups excluding carboxylic acids is 1. The van der Waals surface area contributed by atoms with Crippen molar-refractivity contribution in [3.63, 3.8) is 0 Å². The average Bonchev–Trinajstić information content (AvgIpc) is 3.16. The Labute approximate surface area is 142 Å². The SMILES string of the molecule is COc1ccc(C[C@H]2CC[C@@H](CNC(=O)c3cn[nH]c3)CC2)cc1. The summed E-state index contributed by atoms with van der Waals surface area (Å²) in [5.41, 5.74) is 1.98. The molecule has 0 spiro atoms. The van der Waals surface area contributed by atoms with E-state index in [0.29, 0.717) is 11.5 Å². The molecule has 0 bridgehead atoms. The summed E-state index contributed by atoms with van der Waals surface area (Å²) in [5.74, 6) is 2.21. The molecule has 128 valence electrons. The van der Waals surface area contributed by atoms with E-state index in [2.05, 4.69) is 27.6 Å². The summed E-state index contributed by atoms with van der Waals surface area (Å²) >= 11 is 0. The van der Waals surface area contributed by atoms with Crippen molar-refractivity contribution in [2.24, 2.45) is 11.8 Å². The predicted octanol–water partition coefficient (Wildman–Crippen LogP) is 3.20. The lowest BCUT2D eigenvalue weighted by molar-refractivity contribution is 0.0941. The Bertz CT molecular complexity index is 629. The number of hydrogen-bond donors (Lipinski definition) is 2. The number of benzene rings is 1. The zero-order valence-electron chi connectivity index (χ0n) is 14.1. The number of carbonyl (C=O) groups is 1. The first-order valence-electron chi connectivity index (χ1n) is 8.64. The molecule has 1 heterocycles. The summed E-state index contributed by atoms with van der Waals surface area (Å²) in [5, 5.41) is 9.49. The summed E-state index contributed by atoms with van der Waals surface area (Å²) in [4.78, 5) is 11.9. The van der Waals surface area contributed by atoms with Gasteiger partial charge in [-0.15, -0.1) is 0 Å². The van der Waals surface area contributed by atoms with Gasteiger partial charge in [-0.2, -0.15) is 5.10 Å². The molecule has 1 fully saturated rings. The zero-order chi connectivity index (χ0) is 16.8. The number of amides is 1. The average molecular weight is 327 g/mol. The van der Waals surface area contributed by atoms with Gasteiger partial charge in [0.1, 0.15) is 5.75 Å². The molecule has 5 heteroatoms. The molecule has 0 radical (unpaired) electrons. The van der Waals surface area contributed by atoms with Gasteiger partial charge in [0.15, 0.2) is 0 Å². The highest BCUT2D eigenvalue weighted by Gasteiger charge is 2.22. The Morgan fingerprint density at radius 2 is 1.92 bits per heavy atom. The Morgan fingerprint density at radius 3 is 2.54 bits per heavy atom. The van der Waals surface area contributed by atoms with E-state index in [4.69, 9.17) is 4.74 Å². The van der Waals surface area contributed by atoms with Gasteiger partial charge in [-0.25, -0.2) is 0 Å². The lowest BCUT2D eigenvalue weighted by Gasteiger charge is -2.28. The first-order chi connectivity index (χ1) is 11.7. The number of ether oxygens (including phenoxy) is 1. The Kier molecular flexibility index (Phi) is 5.51. The van der Waals surface area contributed by atoms with Crippen molar-refractivity contribution >= 4 is 5.91 Å². The lowest BCUT2D eigenvalue weighted by atomic mass is 9.79.